The predicted octanol–water partition coefficient (Wildman–Crippen LogP) is 4.28. The molecule has 2 fully saturated rings. The Morgan fingerprint density at radius 2 is 1.69 bits per heavy atom. The molecule has 2 atom stereocenters. The second-order valence-electron chi connectivity index (χ2n) is 9.63. The molecule has 1 aromatic carbocycles. The van der Waals surface area contributed by atoms with Crippen molar-refractivity contribution >= 4 is 17.4 Å². The third-order valence-corrected chi connectivity index (χ3v) is 6.88. The normalized spacial score (nSPS) is 19.9. The van der Waals surface area contributed by atoms with Crippen molar-refractivity contribution in [1.29, 1.82) is 0 Å². The largest absolute Gasteiger partial charge is 0.389 e. The van der Waals surface area contributed by atoms with Gasteiger partial charge in [0.05, 0.1) is 5.56 Å². The molecule has 0 radical (unpaired) electrons. The van der Waals surface area contributed by atoms with Gasteiger partial charge in [0.1, 0.15) is 12.1 Å². The lowest BCUT2D eigenvalue weighted by atomic mass is 10.0. The van der Waals surface area contributed by atoms with Gasteiger partial charge in [0.25, 0.3) is 5.91 Å². The number of nitrogens with zero attached hydrogens (tertiary/aromatic N) is 5. The second-order valence-corrected chi connectivity index (χ2v) is 9.63. The molecule has 2 aliphatic rings. The van der Waals surface area contributed by atoms with Gasteiger partial charge >= 0.3 is 6.18 Å². The van der Waals surface area contributed by atoms with Crippen LogP contribution < -0.4 is 10.2 Å². The number of amides is 1. The SMILES string of the molecule is CN1CC2CN(c3ncc(C(=O)Nc4ccc(CCC(F)(F)F)cc4)cc3-c3cncnc3)CC2C1. The van der Waals surface area contributed by atoms with Crippen LogP contribution in [0.15, 0.2) is 55.2 Å². The first-order valence-corrected chi connectivity index (χ1v) is 11.9. The molecule has 0 bridgehead atoms. The van der Waals surface area contributed by atoms with Gasteiger partial charge in [-0.3, -0.25) is 4.79 Å². The molecule has 188 valence electrons. The van der Waals surface area contributed by atoms with Gasteiger partial charge < -0.3 is 15.1 Å². The highest BCUT2D eigenvalue weighted by molar-refractivity contribution is 6.05. The number of pyridine rings is 1. The van der Waals surface area contributed by atoms with E-state index in [0.717, 1.165) is 43.1 Å². The van der Waals surface area contributed by atoms with Gasteiger partial charge in [-0.2, -0.15) is 13.2 Å². The average molecular weight is 497 g/mol. The monoisotopic (exact) mass is 496 g/mol. The third-order valence-electron chi connectivity index (χ3n) is 6.88. The zero-order chi connectivity index (χ0) is 25.3. The predicted molar refractivity (Wildman–Crippen MR) is 131 cm³/mol. The number of carbonyl (C=O) groups excluding carboxylic acids is 1. The molecule has 1 N–H and O–H groups in total. The van der Waals surface area contributed by atoms with Gasteiger partial charge in [0.2, 0.25) is 0 Å². The summed E-state index contributed by atoms with van der Waals surface area (Å²) >= 11 is 0. The zero-order valence-corrected chi connectivity index (χ0v) is 19.9. The molecular formula is C26H27F3N6O. The number of benzene rings is 1. The first kappa shape index (κ1) is 24.2. The fourth-order valence-electron chi connectivity index (χ4n) is 5.13. The first-order chi connectivity index (χ1) is 17.2. The van der Waals surface area contributed by atoms with E-state index in [0.29, 0.717) is 28.7 Å². The Morgan fingerprint density at radius 3 is 2.33 bits per heavy atom. The molecule has 36 heavy (non-hydrogen) atoms. The average Bonchev–Trinajstić information content (AvgIpc) is 3.41. The van der Waals surface area contributed by atoms with Crippen LogP contribution in [0.25, 0.3) is 11.1 Å². The van der Waals surface area contributed by atoms with Gasteiger partial charge in [-0.05, 0) is 49.1 Å². The molecule has 1 amide bonds. The number of anilines is 2. The van der Waals surface area contributed by atoms with Crippen LogP contribution in [0.2, 0.25) is 0 Å². The van der Waals surface area contributed by atoms with E-state index in [1.807, 2.05) is 0 Å². The number of carbonyl (C=O) groups is 1. The summed E-state index contributed by atoms with van der Waals surface area (Å²) in [5.41, 5.74) is 3.00. The number of nitrogens with one attached hydrogen (secondary N) is 1. The first-order valence-electron chi connectivity index (χ1n) is 11.9. The second kappa shape index (κ2) is 9.85. The van der Waals surface area contributed by atoms with Crippen molar-refractivity contribution in [3.05, 3.63) is 66.4 Å². The van der Waals surface area contributed by atoms with Gasteiger partial charge in [0, 0.05) is 68.0 Å². The summed E-state index contributed by atoms with van der Waals surface area (Å²) in [6.45, 7) is 3.96. The maximum atomic E-state index is 13.0. The van der Waals surface area contributed by atoms with E-state index in [4.69, 9.17) is 4.98 Å². The van der Waals surface area contributed by atoms with Crippen LogP contribution >= 0.6 is 0 Å². The number of aromatic nitrogens is 3. The highest BCUT2D eigenvalue weighted by atomic mass is 19.4. The van der Waals surface area contributed by atoms with E-state index in [1.165, 1.54) is 6.33 Å². The quantitative estimate of drug-likeness (QED) is 0.549. The van der Waals surface area contributed by atoms with Crippen LogP contribution in [0.5, 0.6) is 0 Å². The van der Waals surface area contributed by atoms with Gasteiger partial charge in [-0.15, -0.1) is 0 Å². The van der Waals surface area contributed by atoms with E-state index in [9.17, 15) is 18.0 Å². The van der Waals surface area contributed by atoms with Gasteiger partial charge in [0.15, 0.2) is 0 Å². The van der Waals surface area contributed by atoms with E-state index >= 15 is 0 Å². The van der Waals surface area contributed by atoms with Crippen molar-refractivity contribution in [2.75, 3.05) is 43.4 Å². The number of halogens is 3. The molecule has 2 aliphatic heterocycles. The molecule has 7 nitrogen and oxygen atoms in total. The molecule has 0 aliphatic carbocycles. The maximum Gasteiger partial charge on any atom is 0.389 e. The number of hydrogen-bond acceptors (Lipinski definition) is 6. The summed E-state index contributed by atoms with van der Waals surface area (Å²) in [6, 6.07) is 8.21. The smallest absolute Gasteiger partial charge is 0.355 e. The molecule has 2 unspecified atom stereocenters. The third kappa shape index (κ3) is 5.48. The molecule has 2 saturated heterocycles. The Bertz CT molecular complexity index is 1200. The summed E-state index contributed by atoms with van der Waals surface area (Å²) in [4.78, 5) is 30.6. The Morgan fingerprint density at radius 1 is 1.03 bits per heavy atom. The van der Waals surface area contributed by atoms with Crippen LogP contribution in [0, 0.1) is 11.8 Å². The molecule has 2 aromatic heterocycles. The summed E-state index contributed by atoms with van der Waals surface area (Å²) < 4.78 is 37.4. The van der Waals surface area contributed by atoms with E-state index in [1.54, 1.807) is 48.9 Å². The van der Waals surface area contributed by atoms with E-state index in [2.05, 4.69) is 32.1 Å². The Kier molecular flexibility index (Phi) is 6.61. The highest BCUT2D eigenvalue weighted by Crippen LogP contribution is 2.37. The standard InChI is InChI=1S/C26H27F3N6O/c1-34-12-20-14-35(15-21(20)13-34)24-23(19-9-30-16-31-10-19)8-18(11-32-24)25(36)33-22-4-2-17(3-5-22)6-7-26(27,28)29/h2-5,8-11,16,20-21H,6-7,12-15H2,1H3,(H,33,36). The number of alkyl halides is 3. The zero-order valence-electron chi connectivity index (χ0n) is 19.9. The topological polar surface area (TPSA) is 74.2 Å². The van der Waals surface area contributed by atoms with Gasteiger partial charge in [-0.25, -0.2) is 15.0 Å². The van der Waals surface area contributed by atoms with E-state index < -0.39 is 12.6 Å². The summed E-state index contributed by atoms with van der Waals surface area (Å²) in [5, 5.41) is 2.81. The Balaban J connectivity index is 1.34. The summed E-state index contributed by atoms with van der Waals surface area (Å²) in [6.07, 6.45) is 1.27. The lowest BCUT2D eigenvalue weighted by Gasteiger charge is -2.23. The minimum absolute atomic E-state index is 0.0971. The molecule has 0 saturated carbocycles. The Hall–Kier alpha value is -3.53. The van der Waals surface area contributed by atoms with Crippen molar-refractivity contribution in [3.63, 3.8) is 0 Å². The number of rotatable bonds is 6. The van der Waals surface area contributed by atoms with Crippen LogP contribution in [-0.2, 0) is 6.42 Å². The molecular weight excluding hydrogens is 469 g/mol. The van der Waals surface area contributed by atoms with Gasteiger partial charge in [-0.1, -0.05) is 12.1 Å². The fourth-order valence-corrected chi connectivity index (χ4v) is 5.13. The van der Waals surface area contributed by atoms with Crippen molar-refractivity contribution in [1.82, 2.24) is 19.9 Å². The number of fused-ring (bicyclic) bond motifs is 1. The van der Waals surface area contributed by atoms with E-state index in [-0.39, 0.29) is 12.3 Å². The molecule has 3 aromatic rings. The Labute approximate surface area is 207 Å². The van der Waals surface area contributed by atoms with Crippen LogP contribution in [0.3, 0.4) is 0 Å². The van der Waals surface area contributed by atoms with Crippen LogP contribution in [-0.4, -0.2) is 65.2 Å². The number of aryl methyl sites for hydroxylation is 1. The lowest BCUT2D eigenvalue weighted by Crippen LogP contribution is -2.28. The van der Waals surface area contributed by atoms with Crippen molar-refractivity contribution in [2.45, 2.75) is 19.0 Å². The van der Waals surface area contributed by atoms with Crippen molar-refractivity contribution in [2.24, 2.45) is 11.8 Å². The van der Waals surface area contributed by atoms with Crippen LogP contribution in [0.1, 0.15) is 22.3 Å². The molecule has 4 heterocycles. The summed E-state index contributed by atoms with van der Waals surface area (Å²) in [7, 11) is 2.15. The van der Waals surface area contributed by atoms with Crippen molar-refractivity contribution in [3.8, 4) is 11.1 Å². The molecule has 10 heteroatoms. The molecule has 5 rings (SSSR count). The van der Waals surface area contributed by atoms with Crippen LogP contribution in [0.4, 0.5) is 24.7 Å². The maximum absolute atomic E-state index is 13.0. The number of likely N-dealkylation sites (tertiary alicyclic amines) is 1. The minimum atomic E-state index is -4.20. The number of hydrogen-bond donors (Lipinski definition) is 1. The summed E-state index contributed by atoms with van der Waals surface area (Å²) in [5.74, 6) is 1.65. The minimum Gasteiger partial charge on any atom is -0.355 e. The van der Waals surface area contributed by atoms with Crippen molar-refractivity contribution < 1.29 is 18.0 Å². The fraction of sp³-hybridized carbons (Fsp3) is 0.385. The highest BCUT2D eigenvalue weighted by Gasteiger charge is 2.39. The molecule has 0 spiro atoms. The lowest BCUT2D eigenvalue weighted by molar-refractivity contribution is -0.134.